The molecular weight excluding hydrogens is 200 g/mol. The second-order valence-corrected chi connectivity index (χ2v) is 5.65. The van der Waals surface area contributed by atoms with Crippen molar-refractivity contribution in [2.24, 2.45) is 17.8 Å². The summed E-state index contributed by atoms with van der Waals surface area (Å²) >= 11 is 0. The Kier molecular flexibility index (Phi) is 5.30. The van der Waals surface area contributed by atoms with E-state index in [9.17, 15) is 4.79 Å². The first-order valence-corrected chi connectivity index (χ1v) is 6.66. The summed E-state index contributed by atoms with van der Waals surface area (Å²) < 4.78 is 5.16. The van der Waals surface area contributed by atoms with Gasteiger partial charge >= 0.3 is 5.97 Å². The molecule has 2 nitrogen and oxygen atoms in total. The number of hydrogen-bond donors (Lipinski definition) is 0. The van der Waals surface area contributed by atoms with Gasteiger partial charge in [-0.15, -0.1) is 0 Å². The van der Waals surface area contributed by atoms with Gasteiger partial charge in [-0.3, -0.25) is 4.79 Å². The van der Waals surface area contributed by atoms with Gasteiger partial charge in [0, 0.05) is 6.92 Å². The molecule has 0 bridgehead atoms. The Morgan fingerprint density at radius 1 is 1.38 bits per heavy atom. The quantitative estimate of drug-likeness (QED) is 0.682. The van der Waals surface area contributed by atoms with Gasteiger partial charge in [0.05, 0.1) is 6.10 Å². The molecule has 0 aromatic carbocycles. The number of carbonyl (C=O) groups excluding carboxylic acids is 1. The lowest BCUT2D eigenvalue weighted by molar-refractivity contribution is -0.145. The maximum atomic E-state index is 10.8. The molecule has 2 heteroatoms. The monoisotopic (exact) mass is 226 g/mol. The van der Waals surface area contributed by atoms with Crippen molar-refractivity contribution in [2.45, 2.75) is 65.9 Å². The van der Waals surface area contributed by atoms with E-state index in [-0.39, 0.29) is 12.1 Å². The molecule has 4 unspecified atom stereocenters. The fourth-order valence-electron chi connectivity index (χ4n) is 2.95. The third-order valence-corrected chi connectivity index (χ3v) is 3.92. The number of esters is 1. The van der Waals surface area contributed by atoms with Gasteiger partial charge in [0.2, 0.25) is 0 Å². The Hall–Kier alpha value is -0.530. The van der Waals surface area contributed by atoms with Gasteiger partial charge in [-0.05, 0) is 50.4 Å². The highest BCUT2D eigenvalue weighted by Gasteiger charge is 2.25. The molecule has 1 saturated carbocycles. The minimum Gasteiger partial charge on any atom is -0.463 e. The molecule has 1 rings (SSSR count). The lowest BCUT2D eigenvalue weighted by Crippen LogP contribution is -2.23. The van der Waals surface area contributed by atoms with Crippen LogP contribution in [0.1, 0.15) is 59.8 Å². The molecule has 0 aliphatic heterocycles. The van der Waals surface area contributed by atoms with E-state index in [1.165, 1.54) is 32.6 Å². The van der Waals surface area contributed by atoms with Crippen LogP contribution < -0.4 is 0 Å². The minimum absolute atomic E-state index is 0.0871. The predicted octanol–water partition coefficient (Wildman–Crippen LogP) is 3.79. The lowest BCUT2D eigenvalue weighted by Gasteiger charge is -2.33. The molecule has 1 fully saturated rings. The molecule has 1 aliphatic rings. The van der Waals surface area contributed by atoms with Crippen molar-refractivity contribution in [3.63, 3.8) is 0 Å². The van der Waals surface area contributed by atoms with Crippen molar-refractivity contribution >= 4 is 5.97 Å². The summed E-state index contributed by atoms with van der Waals surface area (Å²) in [5, 5.41) is 0. The highest BCUT2D eigenvalue weighted by Crippen LogP contribution is 2.36. The molecule has 0 saturated heterocycles. The zero-order chi connectivity index (χ0) is 12.1. The van der Waals surface area contributed by atoms with E-state index < -0.39 is 0 Å². The molecule has 1 aliphatic carbocycles. The van der Waals surface area contributed by atoms with Crippen molar-refractivity contribution in [3.05, 3.63) is 0 Å². The van der Waals surface area contributed by atoms with Crippen molar-refractivity contribution in [1.29, 1.82) is 0 Å². The molecule has 0 aromatic heterocycles. The molecule has 0 radical (unpaired) electrons. The van der Waals surface area contributed by atoms with E-state index in [0.717, 1.165) is 24.2 Å². The highest BCUT2D eigenvalue weighted by molar-refractivity contribution is 5.66. The molecule has 0 amide bonds. The van der Waals surface area contributed by atoms with Crippen LogP contribution in [0.5, 0.6) is 0 Å². The number of ether oxygens (including phenoxy) is 1. The van der Waals surface area contributed by atoms with Crippen LogP contribution in [0.25, 0.3) is 0 Å². The molecule has 0 aromatic rings. The van der Waals surface area contributed by atoms with Crippen LogP contribution in [-0.2, 0) is 9.53 Å². The first-order valence-electron chi connectivity index (χ1n) is 6.66. The summed E-state index contributed by atoms with van der Waals surface area (Å²) in [6.07, 6.45) is 6.41. The first-order chi connectivity index (χ1) is 7.49. The first kappa shape index (κ1) is 13.5. The molecule has 0 N–H and O–H groups in total. The molecule has 94 valence electrons. The third-order valence-electron chi connectivity index (χ3n) is 3.92. The van der Waals surface area contributed by atoms with Crippen molar-refractivity contribution in [1.82, 2.24) is 0 Å². The summed E-state index contributed by atoms with van der Waals surface area (Å²) in [5.74, 6) is 2.43. The van der Waals surface area contributed by atoms with Gasteiger partial charge in [0.15, 0.2) is 0 Å². The fourth-order valence-corrected chi connectivity index (χ4v) is 2.95. The van der Waals surface area contributed by atoms with Crippen LogP contribution in [0.4, 0.5) is 0 Å². The average molecular weight is 226 g/mol. The summed E-state index contributed by atoms with van der Waals surface area (Å²) in [6.45, 7) is 8.21. The Balaban J connectivity index is 2.24. The van der Waals surface area contributed by atoms with Crippen LogP contribution in [0, 0.1) is 17.8 Å². The molecule has 16 heavy (non-hydrogen) atoms. The van der Waals surface area contributed by atoms with E-state index in [4.69, 9.17) is 4.74 Å². The molecular formula is C14H26O2. The predicted molar refractivity (Wildman–Crippen MR) is 66.1 cm³/mol. The Bertz CT molecular complexity index is 225. The maximum Gasteiger partial charge on any atom is 0.302 e. The van der Waals surface area contributed by atoms with Crippen molar-refractivity contribution in [3.8, 4) is 0 Å². The van der Waals surface area contributed by atoms with E-state index in [1.807, 2.05) is 6.92 Å². The van der Waals surface area contributed by atoms with Gasteiger partial charge in [-0.2, -0.15) is 0 Å². The standard InChI is InChI=1S/C14H26O2/c1-10-5-7-14(11(2)9-10)8-6-12(3)16-13(4)15/h10-12,14H,5-9H2,1-4H3. The SMILES string of the molecule is CC(=O)OC(C)CCC1CCC(C)CC1C. The van der Waals surface area contributed by atoms with E-state index in [2.05, 4.69) is 13.8 Å². The van der Waals surface area contributed by atoms with Crippen LogP contribution in [0.3, 0.4) is 0 Å². The van der Waals surface area contributed by atoms with Crippen molar-refractivity contribution < 1.29 is 9.53 Å². The topological polar surface area (TPSA) is 26.3 Å². The van der Waals surface area contributed by atoms with E-state index >= 15 is 0 Å². The second kappa shape index (κ2) is 6.27. The van der Waals surface area contributed by atoms with E-state index in [0.29, 0.717) is 0 Å². The zero-order valence-corrected chi connectivity index (χ0v) is 11.2. The number of carbonyl (C=O) groups is 1. The second-order valence-electron chi connectivity index (χ2n) is 5.65. The third kappa shape index (κ3) is 4.54. The van der Waals surface area contributed by atoms with Gasteiger partial charge in [0.25, 0.3) is 0 Å². The maximum absolute atomic E-state index is 10.8. The van der Waals surface area contributed by atoms with Gasteiger partial charge in [-0.25, -0.2) is 0 Å². The minimum atomic E-state index is -0.155. The smallest absolute Gasteiger partial charge is 0.302 e. The number of rotatable bonds is 4. The van der Waals surface area contributed by atoms with Crippen LogP contribution >= 0.6 is 0 Å². The Morgan fingerprint density at radius 2 is 2.06 bits per heavy atom. The zero-order valence-electron chi connectivity index (χ0n) is 11.2. The summed E-state index contributed by atoms with van der Waals surface area (Å²) in [7, 11) is 0. The fraction of sp³-hybridized carbons (Fsp3) is 0.929. The van der Waals surface area contributed by atoms with Crippen LogP contribution in [0.2, 0.25) is 0 Å². The Morgan fingerprint density at radius 3 is 2.62 bits per heavy atom. The summed E-state index contributed by atoms with van der Waals surface area (Å²) in [4.78, 5) is 10.8. The van der Waals surface area contributed by atoms with Crippen molar-refractivity contribution in [2.75, 3.05) is 0 Å². The molecule has 4 atom stereocenters. The highest BCUT2D eigenvalue weighted by atomic mass is 16.5. The largest absolute Gasteiger partial charge is 0.463 e. The van der Waals surface area contributed by atoms with Crippen LogP contribution in [-0.4, -0.2) is 12.1 Å². The van der Waals surface area contributed by atoms with E-state index in [1.54, 1.807) is 0 Å². The molecule has 0 spiro atoms. The normalized spacial score (nSPS) is 32.1. The van der Waals surface area contributed by atoms with Gasteiger partial charge in [0.1, 0.15) is 0 Å². The van der Waals surface area contributed by atoms with Gasteiger partial charge in [-0.1, -0.05) is 20.3 Å². The molecule has 0 heterocycles. The lowest BCUT2D eigenvalue weighted by atomic mass is 9.73. The Labute approximate surface area is 99.8 Å². The average Bonchev–Trinajstić information content (AvgIpc) is 2.15. The summed E-state index contributed by atoms with van der Waals surface area (Å²) in [5.41, 5.74) is 0. The summed E-state index contributed by atoms with van der Waals surface area (Å²) in [6, 6.07) is 0. The number of hydrogen-bond acceptors (Lipinski definition) is 2. The van der Waals surface area contributed by atoms with Crippen LogP contribution in [0.15, 0.2) is 0 Å². The van der Waals surface area contributed by atoms with Gasteiger partial charge < -0.3 is 4.74 Å².